The van der Waals surface area contributed by atoms with Gasteiger partial charge in [0.1, 0.15) is 4.90 Å². The topological polar surface area (TPSA) is 57.7 Å². The molecule has 0 spiro atoms. The number of amides is 1. The fraction of sp³-hybridized carbons (Fsp3) is 0.588. The van der Waals surface area contributed by atoms with Crippen molar-refractivity contribution in [2.45, 2.75) is 57.5 Å². The molecule has 0 heterocycles. The van der Waals surface area contributed by atoms with Crippen LogP contribution in [0.1, 0.15) is 50.9 Å². The fourth-order valence-corrected chi connectivity index (χ4v) is 4.82. The Labute approximate surface area is 149 Å². The minimum atomic E-state index is -3.71. The molecule has 0 N–H and O–H groups in total. The van der Waals surface area contributed by atoms with Gasteiger partial charge in [-0.25, -0.2) is 8.42 Å². The van der Waals surface area contributed by atoms with Crippen LogP contribution in [-0.4, -0.2) is 48.7 Å². The number of hydrogen-bond acceptors (Lipinski definition) is 3. The monoisotopic (exact) mass is 372 g/mol. The summed E-state index contributed by atoms with van der Waals surface area (Å²) in [5, 5.41) is 0.140. The van der Waals surface area contributed by atoms with E-state index in [4.69, 9.17) is 11.6 Å². The Morgan fingerprint density at radius 1 is 1.25 bits per heavy atom. The average molecular weight is 373 g/mol. The number of sulfonamides is 1. The largest absolute Gasteiger partial charge is 0.333 e. The molecule has 0 aromatic heterocycles. The Morgan fingerprint density at radius 3 is 2.29 bits per heavy atom. The third-order valence-electron chi connectivity index (χ3n) is 4.23. The molecule has 0 aliphatic heterocycles. The Hall–Kier alpha value is -1.11. The summed E-state index contributed by atoms with van der Waals surface area (Å²) in [6.07, 6.45) is 2.00. The van der Waals surface area contributed by atoms with Gasteiger partial charge in [-0.1, -0.05) is 25.4 Å². The van der Waals surface area contributed by atoms with Gasteiger partial charge >= 0.3 is 0 Å². The van der Waals surface area contributed by atoms with E-state index in [0.29, 0.717) is 18.7 Å². The standard InChI is InChI=1S/C17H25ClN2O3S/c1-5-19(6-2)24(22,23)16-11-13(7-10-15(16)18)17(21)20(12(3)4)14-8-9-14/h7,10-12,14H,5-6,8-9H2,1-4H3. The Kier molecular flexibility index (Phi) is 5.94. The summed E-state index contributed by atoms with van der Waals surface area (Å²) in [6.45, 7) is 8.20. The van der Waals surface area contributed by atoms with Crippen LogP contribution in [0, 0.1) is 0 Å². The van der Waals surface area contributed by atoms with Crippen LogP contribution in [0.5, 0.6) is 0 Å². The summed E-state index contributed by atoms with van der Waals surface area (Å²) >= 11 is 6.13. The van der Waals surface area contributed by atoms with Gasteiger partial charge in [-0.3, -0.25) is 4.79 Å². The summed E-state index contributed by atoms with van der Waals surface area (Å²) < 4.78 is 26.9. The second-order valence-corrected chi connectivity index (χ2v) is 8.59. The van der Waals surface area contributed by atoms with Crippen LogP contribution in [0.25, 0.3) is 0 Å². The Bertz CT molecular complexity index is 709. The number of nitrogens with zero attached hydrogens (tertiary/aromatic N) is 2. The molecule has 134 valence electrons. The maximum absolute atomic E-state index is 12.8. The Morgan fingerprint density at radius 2 is 1.83 bits per heavy atom. The van der Waals surface area contributed by atoms with Crippen molar-refractivity contribution < 1.29 is 13.2 Å². The van der Waals surface area contributed by atoms with Gasteiger partial charge in [0.05, 0.1) is 5.02 Å². The highest BCUT2D eigenvalue weighted by atomic mass is 35.5. The lowest BCUT2D eigenvalue weighted by atomic mass is 10.1. The van der Waals surface area contributed by atoms with Crippen molar-refractivity contribution in [3.8, 4) is 0 Å². The maximum Gasteiger partial charge on any atom is 0.254 e. The molecule has 1 saturated carbocycles. The molecule has 0 saturated heterocycles. The van der Waals surface area contributed by atoms with E-state index in [-0.39, 0.29) is 27.9 Å². The highest BCUT2D eigenvalue weighted by molar-refractivity contribution is 7.89. The van der Waals surface area contributed by atoms with Gasteiger partial charge in [0.2, 0.25) is 10.0 Å². The van der Waals surface area contributed by atoms with Crippen molar-refractivity contribution in [3.05, 3.63) is 28.8 Å². The molecule has 1 aromatic rings. The number of rotatable bonds is 7. The minimum Gasteiger partial charge on any atom is -0.333 e. The number of hydrogen-bond donors (Lipinski definition) is 0. The second-order valence-electron chi connectivity index (χ2n) is 6.27. The molecule has 1 aromatic carbocycles. The first-order valence-corrected chi connectivity index (χ1v) is 10.2. The lowest BCUT2D eigenvalue weighted by Crippen LogP contribution is -2.39. The van der Waals surface area contributed by atoms with Crippen molar-refractivity contribution in [2.24, 2.45) is 0 Å². The van der Waals surface area contributed by atoms with E-state index in [0.717, 1.165) is 12.8 Å². The SMILES string of the molecule is CCN(CC)S(=O)(=O)c1cc(C(=O)N(C(C)C)C2CC2)ccc1Cl. The molecule has 0 radical (unpaired) electrons. The summed E-state index contributed by atoms with van der Waals surface area (Å²) in [5.41, 5.74) is 0.366. The van der Waals surface area contributed by atoms with Crippen LogP contribution in [-0.2, 0) is 10.0 Å². The molecule has 0 unspecified atom stereocenters. The van der Waals surface area contributed by atoms with Crippen molar-refractivity contribution in [1.82, 2.24) is 9.21 Å². The first-order chi connectivity index (χ1) is 11.2. The highest BCUT2D eigenvalue weighted by Crippen LogP contribution is 2.32. The molecular formula is C17H25ClN2O3S. The first kappa shape index (κ1) is 19.2. The van der Waals surface area contributed by atoms with Gasteiger partial charge in [-0.2, -0.15) is 4.31 Å². The van der Waals surface area contributed by atoms with Gasteiger partial charge < -0.3 is 4.90 Å². The molecule has 1 fully saturated rings. The molecule has 2 rings (SSSR count). The van der Waals surface area contributed by atoms with Gasteiger partial charge in [-0.05, 0) is 44.9 Å². The number of carbonyl (C=O) groups is 1. The maximum atomic E-state index is 12.8. The zero-order valence-corrected chi connectivity index (χ0v) is 16.2. The van der Waals surface area contributed by atoms with Gasteiger partial charge in [0.15, 0.2) is 0 Å². The molecule has 7 heteroatoms. The van der Waals surface area contributed by atoms with Crippen LogP contribution in [0.15, 0.2) is 23.1 Å². The summed E-state index contributed by atoms with van der Waals surface area (Å²) in [7, 11) is -3.71. The number of benzene rings is 1. The van der Waals surface area contributed by atoms with E-state index >= 15 is 0 Å². The third-order valence-corrected chi connectivity index (χ3v) is 6.76. The molecule has 1 aliphatic carbocycles. The van der Waals surface area contributed by atoms with Crippen LogP contribution >= 0.6 is 11.6 Å². The lowest BCUT2D eigenvalue weighted by molar-refractivity contribution is 0.0690. The average Bonchev–Trinajstić information content (AvgIpc) is 3.32. The van der Waals surface area contributed by atoms with E-state index in [9.17, 15) is 13.2 Å². The summed E-state index contributed by atoms with van der Waals surface area (Å²) in [5.74, 6) is -0.139. The summed E-state index contributed by atoms with van der Waals surface area (Å²) in [4.78, 5) is 14.7. The fourth-order valence-electron chi connectivity index (χ4n) is 2.86. The van der Waals surface area contributed by atoms with Crippen molar-refractivity contribution in [3.63, 3.8) is 0 Å². The van der Waals surface area contributed by atoms with E-state index < -0.39 is 10.0 Å². The third kappa shape index (κ3) is 3.76. The second kappa shape index (κ2) is 7.42. The first-order valence-electron chi connectivity index (χ1n) is 8.36. The van der Waals surface area contributed by atoms with Crippen LogP contribution in [0.3, 0.4) is 0 Å². The predicted molar refractivity (Wildman–Crippen MR) is 95.9 cm³/mol. The van der Waals surface area contributed by atoms with Gasteiger partial charge in [0, 0.05) is 30.7 Å². The normalized spacial score (nSPS) is 15.1. The molecule has 24 heavy (non-hydrogen) atoms. The molecule has 1 amide bonds. The van der Waals surface area contributed by atoms with Crippen molar-refractivity contribution in [2.75, 3.05) is 13.1 Å². The van der Waals surface area contributed by atoms with E-state index in [2.05, 4.69) is 0 Å². The highest BCUT2D eigenvalue weighted by Gasteiger charge is 2.35. The van der Waals surface area contributed by atoms with Gasteiger partial charge in [0.25, 0.3) is 5.91 Å². The van der Waals surface area contributed by atoms with E-state index in [1.807, 2.05) is 18.7 Å². The number of halogens is 1. The van der Waals surface area contributed by atoms with Crippen molar-refractivity contribution >= 4 is 27.5 Å². The molecule has 0 bridgehead atoms. The lowest BCUT2D eigenvalue weighted by Gasteiger charge is -2.27. The molecule has 5 nitrogen and oxygen atoms in total. The quantitative estimate of drug-likeness (QED) is 0.737. The van der Waals surface area contributed by atoms with Crippen LogP contribution in [0.2, 0.25) is 5.02 Å². The van der Waals surface area contributed by atoms with Crippen LogP contribution < -0.4 is 0 Å². The molecular weight excluding hydrogens is 348 g/mol. The minimum absolute atomic E-state index is 0.00165. The predicted octanol–water partition coefficient (Wildman–Crippen LogP) is 3.38. The zero-order valence-electron chi connectivity index (χ0n) is 14.6. The molecule has 1 aliphatic rings. The van der Waals surface area contributed by atoms with Crippen molar-refractivity contribution in [1.29, 1.82) is 0 Å². The zero-order chi connectivity index (χ0) is 18.1. The smallest absolute Gasteiger partial charge is 0.254 e. The van der Waals surface area contributed by atoms with Gasteiger partial charge in [-0.15, -0.1) is 0 Å². The summed E-state index contributed by atoms with van der Waals surface area (Å²) in [6, 6.07) is 4.84. The Balaban J connectivity index is 2.43. The number of carbonyl (C=O) groups excluding carboxylic acids is 1. The van der Waals surface area contributed by atoms with E-state index in [1.54, 1.807) is 19.9 Å². The van der Waals surface area contributed by atoms with E-state index in [1.165, 1.54) is 16.4 Å². The molecule has 0 atom stereocenters. The van der Waals surface area contributed by atoms with Crippen LogP contribution in [0.4, 0.5) is 0 Å².